The molecule has 1 aromatic carbocycles. The molecule has 0 saturated carbocycles. The number of hydrogen-bond acceptors (Lipinski definition) is 5. The topological polar surface area (TPSA) is 58.6 Å². The number of nitrogens with zero attached hydrogens (tertiary/aromatic N) is 3. The van der Waals surface area contributed by atoms with Gasteiger partial charge in [0.15, 0.2) is 5.96 Å². The molecule has 1 aromatic rings. The van der Waals surface area contributed by atoms with Gasteiger partial charge in [0.05, 0.1) is 26.9 Å². The highest BCUT2D eigenvalue weighted by molar-refractivity contribution is 5.80. The van der Waals surface area contributed by atoms with Gasteiger partial charge in [0.1, 0.15) is 17.6 Å². The van der Waals surface area contributed by atoms with Gasteiger partial charge in [-0.25, -0.2) is 4.99 Å². The van der Waals surface area contributed by atoms with E-state index in [4.69, 9.17) is 19.2 Å². The highest BCUT2D eigenvalue weighted by Gasteiger charge is 2.30. The second-order valence-corrected chi connectivity index (χ2v) is 7.34. The fourth-order valence-electron chi connectivity index (χ4n) is 3.76. The van der Waals surface area contributed by atoms with E-state index in [1.54, 1.807) is 7.11 Å². The minimum atomic E-state index is -0.0154. The summed E-state index contributed by atoms with van der Waals surface area (Å²) in [5, 5.41) is 3.44. The molecule has 0 spiro atoms. The summed E-state index contributed by atoms with van der Waals surface area (Å²) < 4.78 is 16.8. The Bertz CT molecular complexity index is 634. The minimum absolute atomic E-state index is 0.0154. The lowest BCUT2D eigenvalue weighted by atomic mass is 10.2. The second-order valence-electron chi connectivity index (χ2n) is 7.34. The van der Waals surface area contributed by atoms with E-state index in [0.29, 0.717) is 12.6 Å². The van der Waals surface area contributed by atoms with E-state index in [1.807, 2.05) is 31.2 Å². The Hall–Kier alpha value is -1.99. The largest absolute Gasteiger partial charge is 0.497 e. The Morgan fingerprint density at radius 3 is 2.82 bits per heavy atom. The molecule has 7 heteroatoms. The van der Waals surface area contributed by atoms with Crippen molar-refractivity contribution in [3.8, 4) is 11.5 Å². The van der Waals surface area contributed by atoms with Crippen molar-refractivity contribution in [3.63, 3.8) is 0 Å². The number of morpholine rings is 1. The van der Waals surface area contributed by atoms with E-state index in [0.717, 1.165) is 63.4 Å². The van der Waals surface area contributed by atoms with Crippen LogP contribution in [0.4, 0.5) is 0 Å². The van der Waals surface area contributed by atoms with Gasteiger partial charge < -0.3 is 24.4 Å². The van der Waals surface area contributed by atoms with E-state index in [2.05, 4.69) is 22.0 Å². The number of ether oxygens (including phenoxy) is 3. The Morgan fingerprint density at radius 2 is 2.07 bits per heavy atom. The third-order valence-electron chi connectivity index (χ3n) is 5.24. The van der Waals surface area contributed by atoms with Crippen LogP contribution < -0.4 is 14.8 Å². The molecule has 0 radical (unpaired) electrons. The average molecular weight is 391 g/mol. The quantitative estimate of drug-likeness (QED) is 0.566. The summed E-state index contributed by atoms with van der Waals surface area (Å²) in [7, 11) is 1.66. The zero-order valence-corrected chi connectivity index (χ0v) is 17.4. The molecular weight excluding hydrogens is 356 g/mol. The van der Waals surface area contributed by atoms with Gasteiger partial charge in [0, 0.05) is 44.8 Å². The van der Waals surface area contributed by atoms with Crippen LogP contribution in [0.5, 0.6) is 11.5 Å². The lowest BCUT2D eigenvalue weighted by molar-refractivity contribution is 0.0195. The molecule has 0 aliphatic carbocycles. The molecule has 156 valence electrons. The first kappa shape index (κ1) is 20.7. The number of likely N-dealkylation sites (tertiary alicyclic amines) is 1. The van der Waals surface area contributed by atoms with Crippen LogP contribution in [-0.2, 0) is 4.74 Å². The van der Waals surface area contributed by atoms with Gasteiger partial charge in [-0.2, -0.15) is 0 Å². The number of methoxy groups -OCH3 is 1. The van der Waals surface area contributed by atoms with Crippen LogP contribution in [0.2, 0.25) is 0 Å². The number of hydrogen-bond donors (Lipinski definition) is 1. The van der Waals surface area contributed by atoms with Crippen LogP contribution in [0.3, 0.4) is 0 Å². The summed E-state index contributed by atoms with van der Waals surface area (Å²) in [6.07, 6.45) is 1.17. The number of aliphatic imine (C=N–C) groups is 1. The molecule has 3 rings (SSSR count). The lowest BCUT2D eigenvalue weighted by Gasteiger charge is -2.32. The molecule has 1 N–H and O–H groups in total. The van der Waals surface area contributed by atoms with Crippen molar-refractivity contribution in [2.24, 2.45) is 4.99 Å². The van der Waals surface area contributed by atoms with E-state index in [1.165, 1.54) is 6.42 Å². The SMILES string of the molecule is CCNC(=NCC(C)Oc1cccc(OC)c1)N1CCC(N2CCOCC2)C1. The summed E-state index contributed by atoms with van der Waals surface area (Å²) in [6, 6.07) is 8.29. The highest BCUT2D eigenvalue weighted by atomic mass is 16.5. The maximum Gasteiger partial charge on any atom is 0.194 e. The molecule has 0 bridgehead atoms. The Morgan fingerprint density at radius 1 is 1.29 bits per heavy atom. The van der Waals surface area contributed by atoms with Crippen LogP contribution in [0.15, 0.2) is 29.3 Å². The van der Waals surface area contributed by atoms with Crippen molar-refractivity contribution in [3.05, 3.63) is 24.3 Å². The third kappa shape index (κ3) is 5.75. The summed E-state index contributed by atoms with van der Waals surface area (Å²) in [6.45, 7) is 11.5. The number of guanidine groups is 1. The van der Waals surface area contributed by atoms with Crippen LogP contribution in [-0.4, -0.2) is 87.5 Å². The monoisotopic (exact) mass is 390 g/mol. The summed E-state index contributed by atoms with van der Waals surface area (Å²) in [5.41, 5.74) is 0. The Balaban J connectivity index is 1.54. The highest BCUT2D eigenvalue weighted by Crippen LogP contribution is 2.20. The molecule has 2 fully saturated rings. The Kier molecular flexibility index (Phi) is 7.80. The first-order valence-corrected chi connectivity index (χ1v) is 10.4. The normalized spacial score (nSPS) is 22.2. The average Bonchev–Trinajstić information content (AvgIpc) is 3.22. The van der Waals surface area contributed by atoms with Gasteiger partial charge in [-0.3, -0.25) is 4.90 Å². The number of rotatable bonds is 7. The first-order valence-electron chi connectivity index (χ1n) is 10.4. The van der Waals surface area contributed by atoms with Crippen molar-refractivity contribution < 1.29 is 14.2 Å². The minimum Gasteiger partial charge on any atom is -0.497 e. The molecule has 28 heavy (non-hydrogen) atoms. The van der Waals surface area contributed by atoms with Crippen LogP contribution in [0.25, 0.3) is 0 Å². The van der Waals surface area contributed by atoms with Gasteiger partial charge in [0.25, 0.3) is 0 Å². The second kappa shape index (κ2) is 10.5. The van der Waals surface area contributed by atoms with E-state index in [-0.39, 0.29) is 6.10 Å². The van der Waals surface area contributed by atoms with Gasteiger partial charge >= 0.3 is 0 Å². The Labute approximate surface area is 168 Å². The van der Waals surface area contributed by atoms with Crippen LogP contribution >= 0.6 is 0 Å². The first-order chi connectivity index (χ1) is 13.7. The summed E-state index contributed by atoms with van der Waals surface area (Å²) in [4.78, 5) is 9.78. The fraction of sp³-hybridized carbons (Fsp3) is 0.667. The van der Waals surface area contributed by atoms with Crippen molar-refractivity contribution in [2.45, 2.75) is 32.4 Å². The van der Waals surface area contributed by atoms with Crippen molar-refractivity contribution >= 4 is 5.96 Å². The number of nitrogens with one attached hydrogen (secondary N) is 1. The maximum atomic E-state index is 6.01. The third-order valence-corrected chi connectivity index (χ3v) is 5.24. The van der Waals surface area contributed by atoms with Crippen LogP contribution in [0.1, 0.15) is 20.3 Å². The zero-order valence-electron chi connectivity index (χ0n) is 17.4. The van der Waals surface area contributed by atoms with Gasteiger partial charge in [-0.1, -0.05) is 6.07 Å². The molecule has 7 nitrogen and oxygen atoms in total. The van der Waals surface area contributed by atoms with Gasteiger partial charge in [-0.05, 0) is 32.4 Å². The molecular formula is C21H34N4O3. The fourth-order valence-corrected chi connectivity index (χ4v) is 3.76. The molecule has 2 saturated heterocycles. The predicted octanol–water partition coefficient (Wildman–Crippen LogP) is 1.83. The molecule has 0 aromatic heterocycles. The van der Waals surface area contributed by atoms with E-state index < -0.39 is 0 Å². The summed E-state index contributed by atoms with van der Waals surface area (Å²) >= 11 is 0. The van der Waals surface area contributed by atoms with E-state index >= 15 is 0 Å². The maximum absolute atomic E-state index is 6.01. The number of benzene rings is 1. The molecule has 2 aliphatic heterocycles. The summed E-state index contributed by atoms with van der Waals surface area (Å²) in [5.74, 6) is 2.59. The molecule has 2 atom stereocenters. The van der Waals surface area contributed by atoms with Gasteiger partial charge in [0.2, 0.25) is 0 Å². The van der Waals surface area contributed by atoms with Crippen LogP contribution in [0, 0.1) is 0 Å². The molecule has 2 aliphatic rings. The molecule has 2 unspecified atom stereocenters. The lowest BCUT2D eigenvalue weighted by Crippen LogP contribution is -2.46. The zero-order chi connectivity index (χ0) is 19.8. The predicted molar refractivity (Wildman–Crippen MR) is 111 cm³/mol. The molecule has 2 heterocycles. The van der Waals surface area contributed by atoms with Crippen molar-refractivity contribution in [2.75, 3.05) is 59.6 Å². The van der Waals surface area contributed by atoms with Crippen molar-refractivity contribution in [1.29, 1.82) is 0 Å². The van der Waals surface area contributed by atoms with Crippen molar-refractivity contribution in [1.82, 2.24) is 15.1 Å². The van der Waals surface area contributed by atoms with Gasteiger partial charge in [-0.15, -0.1) is 0 Å². The van der Waals surface area contributed by atoms with E-state index in [9.17, 15) is 0 Å². The molecule has 0 amide bonds. The smallest absolute Gasteiger partial charge is 0.194 e. The standard InChI is InChI=1S/C21H34N4O3/c1-4-22-21(25-9-8-18(16-25)24-10-12-27-13-11-24)23-15-17(2)28-20-7-5-6-19(14-20)26-3/h5-7,14,17-18H,4,8-13,15-16H2,1-3H3,(H,22,23).